The van der Waals surface area contributed by atoms with Crippen LogP contribution in [-0.2, 0) is 11.0 Å². The normalized spacial score (nSPS) is 19.5. The van der Waals surface area contributed by atoms with Crippen LogP contribution in [0.3, 0.4) is 0 Å². The lowest BCUT2D eigenvalue weighted by molar-refractivity contribution is -0.139. The second-order valence-corrected chi connectivity index (χ2v) is 8.10. The van der Waals surface area contributed by atoms with E-state index in [1.54, 1.807) is 20.0 Å². The third kappa shape index (κ3) is 5.08. The van der Waals surface area contributed by atoms with Crippen molar-refractivity contribution in [3.05, 3.63) is 53.5 Å². The molecule has 0 unspecified atom stereocenters. The Morgan fingerprint density at radius 3 is 2.67 bits per heavy atom. The van der Waals surface area contributed by atoms with Gasteiger partial charge in [-0.1, -0.05) is 6.07 Å². The number of hydrogen-bond acceptors (Lipinski definition) is 5. The Hall–Kier alpha value is -2.68. The fraction of sp³-hybridized carbons (Fsp3) is 0.476. The maximum absolute atomic E-state index is 13.1. The van der Waals surface area contributed by atoms with Crippen molar-refractivity contribution in [3.63, 3.8) is 0 Å². The summed E-state index contributed by atoms with van der Waals surface area (Å²) in [4.78, 5) is 20.9. The summed E-state index contributed by atoms with van der Waals surface area (Å²) in [5.74, 6) is -0.769. The van der Waals surface area contributed by atoms with E-state index in [0.29, 0.717) is 13.1 Å². The molecule has 2 aromatic rings. The number of nitrogens with zero attached hydrogens (tertiary/aromatic N) is 2. The SMILES string of the molecule is Cc1ccc([C@@H]2CNC[C@H]2NC(=O)C(C)(C)COc2ncccc2C(F)(F)F)cn1. The summed E-state index contributed by atoms with van der Waals surface area (Å²) in [6.45, 7) is 6.22. The molecule has 0 saturated carbocycles. The van der Waals surface area contributed by atoms with E-state index >= 15 is 0 Å². The molecule has 1 aliphatic rings. The molecule has 1 amide bonds. The molecule has 0 radical (unpaired) electrons. The first kappa shape index (κ1) is 22.0. The van der Waals surface area contributed by atoms with Crippen LogP contribution in [-0.4, -0.2) is 41.6 Å². The van der Waals surface area contributed by atoms with Crippen LogP contribution in [0.1, 0.15) is 36.6 Å². The van der Waals surface area contributed by atoms with E-state index < -0.39 is 23.0 Å². The fourth-order valence-corrected chi connectivity index (χ4v) is 3.28. The van der Waals surface area contributed by atoms with E-state index in [-0.39, 0.29) is 24.5 Å². The molecule has 1 fully saturated rings. The Bertz CT molecular complexity index is 885. The highest BCUT2D eigenvalue weighted by atomic mass is 19.4. The lowest BCUT2D eigenvalue weighted by atomic mass is 9.90. The number of alkyl halides is 3. The van der Waals surface area contributed by atoms with E-state index in [4.69, 9.17) is 4.74 Å². The average Bonchev–Trinajstić information content (AvgIpc) is 3.14. The van der Waals surface area contributed by atoms with E-state index in [1.165, 1.54) is 12.3 Å². The Labute approximate surface area is 173 Å². The van der Waals surface area contributed by atoms with Crippen LogP contribution in [0.2, 0.25) is 0 Å². The summed E-state index contributed by atoms with van der Waals surface area (Å²) in [5, 5.41) is 6.28. The zero-order chi connectivity index (χ0) is 21.9. The van der Waals surface area contributed by atoms with Crippen molar-refractivity contribution >= 4 is 5.91 Å². The second-order valence-electron chi connectivity index (χ2n) is 8.10. The van der Waals surface area contributed by atoms with Crippen molar-refractivity contribution in [2.45, 2.75) is 38.9 Å². The van der Waals surface area contributed by atoms with Gasteiger partial charge in [-0.2, -0.15) is 13.2 Å². The first-order chi connectivity index (χ1) is 14.1. The molecule has 0 bridgehead atoms. The minimum atomic E-state index is -4.58. The maximum Gasteiger partial charge on any atom is 0.421 e. The third-order valence-electron chi connectivity index (χ3n) is 5.15. The van der Waals surface area contributed by atoms with Gasteiger partial charge in [0.1, 0.15) is 12.2 Å². The molecule has 2 aromatic heterocycles. The number of rotatable bonds is 6. The molecule has 30 heavy (non-hydrogen) atoms. The Kier molecular flexibility index (Phi) is 6.30. The molecule has 0 spiro atoms. The lowest BCUT2D eigenvalue weighted by Gasteiger charge is -2.28. The van der Waals surface area contributed by atoms with Crippen molar-refractivity contribution in [2.75, 3.05) is 19.7 Å². The average molecular weight is 422 g/mol. The van der Waals surface area contributed by atoms with Crippen molar-refractivity contribution in [1.29, 1.82) is 0 Å². The zero-order valence-electron chi connectivity index (χ0n) is 17.1. The van der Waals surface area contributed by atoms with Crippen LogP contribution in [0.25, 0.3) is 0 Å². The van der Waals surface area contributed by atoms with Crippen LogP contribution in [0.5, 0.6) is 5.88 Å². The Balaban J connectivity index is 1.65. The molecule has 0 aliphatic carbocycles. The highest BCUT2D eigenvalue weighted by molar-refractivity contribution is 5.82. The number of nitrogens with one attached hydrogen (secondary N) is 2. The molecule has 9 heteroatoms. The lowest BCUT2D eigenvalue weighted by Crippen LogP contribution is -2.48. The van der Waals surface area contributed by atoms with Gasteiger partial charge in [0, 0.05) is 43.1 Å². The van der Waals surface area contributed by atoms with Gasteiger partial charge in [-0.15, -0.1) is 0 Å². The molecular formula is C21H25F3N4O2. The summed E-state index contributed by atoms with van der Waals surface area (Å²) < 4.78 is 44.7. The summed E-state index contributed by atoms with van der Waals surface area (Å²) in [6.07, 6.45) is -1.55. The highest BCUT2D eigenvalue weighted by Gasteiger charge is 2.38. The third-order valence-corrected chi connectivity index (χ3v) is 5.15. The van der Waals surface area contributed by atoms with Gasteiger partial charge >= 0.3 is 6.18 Å². The number of pyridine rings is 2. The van der Waals surface area contributed by atoms with Gasteiger partial charge in [-0.25, -0.2) is 4.98 Å². The van der Waals surface area contributed by atoms with Gasteiger partial charge in [-0.3, -0.25) is 9.78 Å². The molecule has 2 atom stereocenters. The van der Waals surface area contributed by atoms with Crippen molar-refractivity contribution in [3.8, 4) is 5.88 Å². The molecule has 1 aliphatic heterocycles. The van der Waals surface area contributed by atoms with E-state index in [9.17, 15) is 18.0 Å². The highest BCUT2D eigenvalue weighted by Crippen LogP contribution is 2.35. The van der Waals surface area contributed by atoms with E-state index in [1.807, 2.05) is 19.1 Å². The predicted molar refractivity (Wildman–Crippen MR) is 105 cm³/mol. The number of halogens is 3. The van der Waals surface area contributed by atoms with Crippen LogP contribution >= 0.6 is 0 Å². The second kappa shape index (κ2) is 8.59. The van der Waals surface area contributed by atoms with E-state index in [0.717, 1.165) is 17.3 Å². The largest absolute Gasteiger partial charge is 0.476 e. The van der Waals surface area contributed by atoms with Gasteiger partial charge in [0.05, 0.1) is 5.41 Å². The summed E-state index contributed by atoms with van der Waals surface area (Å²) in [6, 6.07) is 5.87. The molecule has 3 rings (SSSR count). The smallest absolute Gasteiger partial charge is 0.421 e. The topological polar surface area (TPSA) is 76.1 Å². The minimum Gasteiger partial charge on any atom is -0.476 e. The van der Waals surface area contributed by atoms with Gasteiger partial charge < -0.3 is 15.4 Å². The number of hydrogen-bond donors (Lipinski definition) is 2. The maximum atomic E-state index is 13.1. The van der Waals surface area contributed by atoms with Crippen molar-refractivity contribution in [2.24, 2.45) is 5.41 Å². The number of carbonyl (C=O) groups excluding carboxylic acids is 1. The summed E-state index contributed by atoms with van der Waals surface area (Å²) >= 11 is 0. The molecule has 2 N–H and O–H groups in total. The Morgan fingerprint density at radius 1 is 1.23 bits per heavy atom. The molecular weight excluding hydrogens is 397 g/mol. The number of ether oxygens (including phenoxy) is 1. The summed E-state index contributed by atoms with van der Waals surface area (Å²) in [7, 11) is 0. The molecule has 1 saturated heterocycles. The fourth-order valence-electron chi connectivity index (χ4n) is 3.28. The number of amides is 1. The van der Waals surface area contributed by atoms with Crippen LogP contribution < -0.4 is 15.4 Å². The minimum absolute atomic E-state index is 0.0615. The number of aryl methyl sites for hydroxylation is 1. The van der Waals surface area contributed by atoms with E-state index in [2.05, 4.69) is 20.6 Å². The monoisotopic (exact) mass is 422 g/mol. The first-order valence-corrected chi connectivity index (χ1v) is 9.67. The Morgan fingerprint density at radius 2 is 2.00 bits per heavy atom. The van der Waals surface area contributed by atoms with Gasteiger partial charge in [-0.05, 0) is 44.5 Å². The van der Waals surface area contributed by atoms with Gasteiger partial charge in [0.2, 0.25) is 11.8 Å². The molecule has 6 nitrogen and oxygen atoms in total. The van der Waals surface area contributed by atoms with Crippen molar-refractivity contribution < 1.29 is 22.7 Å². The van der Waals surface area contributed by atoms with Crippen LogP contribution in [0, 0.1) is 12.3 Å². The van der Waals surface area contributed by atoms with Crippen LogP contribution in [0.15, 0.2) is 36.7 Å². The zero-order valence-corrected chi connectivity index (χ0v) is 17.1. The molecule has 3 heterocycles. The van der Waals surface area contributed by atoms with Gasteiger partial charge in [0.25, 0.3) is 0 Å². The van der Waals surface area contributed by atoms with Crippen molar-refractivity contribution in [1.82, 2.24) is 20.6 Å². The quantitative estimate of drug-likeness (QED) is 0.748. The molecule has 0 aromatic carbocycles. The molecule has 162 valence electrons. The number of carbonyl (C=O) groups is 1. The van der Waals surface area contributed by atoms with Gasteiger partial charge in [0.15, 0.2) is 0 Å². The first-order valence-electron chi connectivity index (χ1n) is 9.67. The predicted octanol–water partition coefficient (Wildman–Crippen LogP) is 3.08. The number of aromatic nitrogens is 2. The standard InChI is InChI=1S/C21H25F3N4O2/c1-13-6-7-14(9-27-13)15-10-25-11-17(15)28-19(29)20(2,3)12-30-18-16(21(22,23)24)5-4-8-26-18/h4-9,15,17,25H,10-12H2,1-3H3,(H,28,29)/t15-,17+/m0/s1. The van der Waals surface area contributed by atoms with Crippen LogP contribution in [0.4, 0.5) is 13.2 Å². The summed E-state index contributed by atoms with van der Waals surface area (Å²) in [5.41, 5.74) is -0.0864.